The molecule has 0 rings (SSSR count). The number of nitrogens with one attached hydrogen (secondary N) is 1. The summed E-state index contributed by atoms with van der Waals surface area (Å²) in [5.74, 6) is -1.10. The molecule has 0 saturated carbocycles. The van der Waals surface area contributed by atoms with Crippen LogP contribution in [-0.4, -0.2) is 28.2 Å². The number of carbonyl (C=O) groups is 2. The van der Waals surface area contributed by atoms with Crippen molar-refractivity contribution in [2.75, 3.05) is 0 Å². The quantitative estimate of drug-likeness (QED) is 0.719. The van der Waals surface area contributed by atoms with E-state index in [9.17, 15) is 9.59 Å². The Hall–Kier alpha value is -0.780. The number of alkyl halides is 1. The highest BCUT2D eigenvalue weighted by Crippen LogP contribution is 1.99. The van der Waals surface area contributed by atoms with Gasteiger partial charge in [0.1, 0.15) is 6.04 Å². The molecule has 0 aliphatic heterocycles. The maximum absolute atomic E-state index is 10.7. The maximum Gasteiger partial charge on any atom is 0.408 e. The average Bonchev–Trinajstić information content (AvgIpc) is 1.84. The van der Waals surface area contributed by atoms with Crippen molar-refractivity contribution in [3.8, 4) is 0 Å². The van der Waals surface area contributed by atoms with Crippen LogP contribution in [0.1, 0.15) is 13.8 Å². The molecule has 12 heavy (non-hydrogen) atoms. The Morgan fingerprint density at radius 2 is 2.00 bits per heavy atom. The Morgan fingerprint density at radius 1 is 1.50 bits per heavy atom. The van der Waals surface area contributed by atoms with Gasteiger partial charge >= 0.3 is 12.1 Å². The number of alkyl carbamates (subject to hydrolysis) is 1. The first kappa shape index (κ1) is 11.2. The Morgan fingerprint density at radius 3 is 2.33 bits per heavy atom. The van der Waals surface area contributed by atoms with E-state index >= 15 is 0 Å². The Kier molecular flexibility index (Phi) is 4.65. The molecule has 0 fully saturated rings. The first-order valence-corrected chi connectivity index (χ1v) is 4.19. The van der Waals surface area contributed by atoms with Crippen LogP contribution in [0.4, 0.5) is 4.79 Å². The highest BCUT2D eigenvalue weighted by Gasteiger charge is 2.15. The van der Waals surface area contributed by atoms with Crippen molar-refractivity contribution in [2.24, 2.45) is 0 Å². The number of carboxylic acids is 1. The van der Waals surface area contributed by atoms with Gasteiger partial charge in [-0.15, -0.1) is 0 Å². The van der Waals surface area contributed by atoms with Gasteiger partial charge in [0, 0.05) is 0 Å². The SMILES string of the molecule is CC(Br)OC(=O)NC(C)C(=O)O. The van der Waals surface area contributed by atoms with Crippen molar-refractivity contribution in [3.05, 3.63) is 0 Å². The molecule has 1 amide bonds. The third-order valence-electron chi connectivity index (χ3n) is 0.974. The van der Waals surface area contributed by atoms with E-state index in [-0.39, 0.29) is 0 Å². The van der Waals surface area contributed by atoms with E-state index in [4.69, 9.17) is 5.11 Å². The molecule has 0 heterocycles. The molecule has 0 aliphatic carbocycles. The molecule has 2 atom stereocenters. The summed E-state index contributed by atoms with van der Waals surface area (Å²) in [5, 5.41) is 10.1. The molecule has 0 saturated heterocycles. The number of aliphatic carboxylic acids is 1. The molecule has 2 unspecified atom stereocenters. The molecule has 0 aromatic rings. The predicted octanol–water partition coefficient (Wildman–Crippen LogP) is 0.927. The molecular weight excluding hydrogens is 230 g/mol. The van der Waals surface area contributed by atoms with Crippen molar-refractivity contribution in [2.45, 2.75) is 24.9 Å². The van der Waals surface area contributed by atoms with Gasteiger partial charge in [-0.1, -0.05) is 0 Å². The number of hydrogen-bond donors (Lipinski definition) is 2. The number of hydrogen-bond acceptors (Lipinski definition) is 3. The van der Waals surface area contributed by atoms with Crippen LogP contribution in [0.5, 0.6) is 0 Å². The lowest BCUT2D eigenvalue weighted by atomic mass is 10.4. The Bertz CT molecular complexity index is 182. The lowest BCUT2D eigenvalue weighted by Crippen LogP contribution is -2.39. The molecule has 0 radical (unpaired) electrons. The van der Waals surface area contributed by atoms with Crippen LogP contribution < -0.4 is 5.32 Å². The van der Waals surface area contributed by atoms with Crippen molar-refractivity contribution >= 4 is 28.0 Å². The largest absolute Gasteiger partial charge is 0.480 e. The molecule has 2 N–H and O–H groups in total. The summed E-state index contributed by atoms with van der Waals surface area (Å²) in [5.41, 5.74) is 0. The predicted molar refractivity (Wildman–Crippen MR) is 45.1 cm³/mol. The third kappa shape index (κ3) is 4.95. The van der Waals surface area contributed by atoms with E-state index in [1.807, 2.05) is 0 Å². The number of halogens is 1. The zero-order chi connectivity index (χ0) is 9.72. The van der Waals surface area contributed by atoms with Crippen molar-refractivity contribution in [1.29, 1.82) is 0 Å². The normalized spacial score (nSPS) is 14.6. The first-order chi connectivity index (χ1) is 5.43. The molecule has 0 aromatic carbocycles. The minimum Gasteiger partial charge on any atom is -0.480 e. The number of amides is 1. The lowest BCUT2D eigenvalue weighted by Gasteiger charge is -2.10. The summed E-state index contributed by atoms with van der Waals surface area (Å²) in [6.45, 7) is 2.95. The second-order valence-electron chi connectivity index (χ2n) is 2.15. The highest BCUT2D eigenvalue weighted by atomic mass is 79.9. The van der Waals surface area contributed by atoms with Gasteiger partial charge in [0.25, 0.3) is 0 Å². The van der Waals surface area contributed by atoms with Crippen LogP contribution in [0.3, 0.4) is 0 Å². The lowest BCUT2D eigenvalue weighted by molar-refractivity contribution is -0.138. The van der Waals surface area contributed by atoms with E-state index in [0.29, 0.717) is 0 Å². The van der Waals surface area contributed by atoms with Gasteiger partial charge in [0.15, 0.2) is 5.01 Å². The molecule has 0 aromatic heterocycles. The van der Waals surface area contributed by atoms with Crippen molar-refractivity contribution in [1.82, 2.24) is 5.32 Å². The fourth-order valence-electron chi connectivity index (χ4n) is 0.420. The third-order valence-corrected chi connectivity index (χ3v) is 1.16. The zero-order valence-electron chi connectivity index (χ0n) is 6.70. The molecule has 6 heteroatoms. The fourth-order valence-corrected chi connectivity index (χ4v) is 0.590. The van der Waals surface area contributed by atoms with E-state index in [0.717, 1.165) is 0 Å². The summed E-state index contributed by atoms with van der Waals surface area (Å²) in [6.07, 6.45) is -0.755. The van der Waals surface area contributed by atoms with E-state index in [1.165, 1.54) is 6.92 Å². The number of ether oxygens (including phenoxy) is 1. The van der Waals surface area contributed by atoms with Crippen molar-refractivity contribution < 1.29 is 19.4 Å². The molecule has 5 nitrogen and oxygen atoms in total. The fraction of sp³-hybridized carbons (Fsp3) is 0.667. The van der Waals surface area contributed by atoms with Crippen LogP contribution in [0.2, 0.25) is 0 Å². The standard InChI is InChI=1S/C6H10BrNO4/c1-3(5(9)10)8-6(11)12-4(2)7/h3-4H,1-2H3,(H,8,11)(H,9,10). The van der Waals surface area contributed by atoms with Crippen LogP contribution in [0.15, 0.2) is 0 Å². The maximum atomic E-state index is 10.7. The summed E-state index contributed by atoms with van der Waals surface area (Å²) in [4.78, 5) is 21.0. The molecule has 0 bridgehead atoms. The van der Waals surface area contributed by atoms with Gasteiger partial charge in [-0.3, -0.25) is 4.79 Å². The van der Waals surface area contributed by atoms with Gasteiger partial charge in [-0.25, -0.2) is 4.79 Å². The topological polar surface area (TPSA) is 75.6 Å². The number of carboxylic acid groups (broad SMARTS) is 1. The highest BCUT2D eigenvalue weighted by molar-refractivity contribution is 9.09. The minimum atomic E-state index is -1.10. The van der Waals surface area contributed by atoms with Gasteiger partial charge in [-0.05, 0) is 29.8 Å². The number of carbonyl (C=O) groups excluding carboxylic acids is 1. The van der Waals surface area contributed by atoms with Crippen LogP contribution in [0.25, 0.3) is 0 Å². The Labute approximate surface area is 78.2 Å². The smallest absolute Gasteiger partial charge is 0.408 e. The van der Waals surface area contributed by atoms with Gasteiger partial charge in [-0.2, -0.15) is 0 Å². The van der Waals surface area contributed by atoms with Crippen LogP contribution in [0, 0.1) is 0 Å². The summed E-state index contributed by atoms with van der Waals surface area (Å²) < 4.78 is 4.57. The van der Waals surface area contributed by atoms with E-state index in [1.54, 1.807) is 6.92 Å². The minimum absolute atomic E-state index is 0.432. The molecule has 0 spiro atoms. The second kappa shape index (κ2) is 4.97. The summed E-state index contributed by atoms with van der Waals surface area (Å²) in [6, 6.07) is -0.941. The number of rotatable bonds is 3. The summed E-state index contributed by atoms with van der Waals surface area (Å²) >= 11 is 2.97. The van der Waals surface area contributed by atoms with E-state index in [2.05, 4.69) is 26.0 Å². The van der Waals surface area contributed by atoms with Crippen molar-refractivity contribution in [3.63, 3.8) is 0 Å². The molecular formula is C6H10BrNO4. The first-order valence-electron chi connectivity index (χ1n) is 3.27. The van der Waals surface area contributed by atoms with Crippen LogP contribution >= 0.6 is 15.9 Å². The molecule has 70 valence electrons. The van der Waals surface area contributed by atoms with Gasteiger partial charge in [0.2, 0.25) is 0 Å². The van der Waals surface area contributed by atoms with E-state index < -0.39 is 23.1 Å². The average molecular weight is 240 g/mol. The second-order valence-corrected chi connectivity index (χ2v) is 3.44. The zero-order valence-corrected chi connectivity index (χ0v) is 8.29. The monoisotopic (exact) mass is 239 g/mol. The molecule has 0 aliphatic rings. The Balaban J connectivity index is 3.77. The summed E-state index contributed by atoms with van der Waals surface area (Å²) in [7, 11) is 0. The van der Waals surface area contributed by atoms with Crippen LogP contribution in [-0.2, 0) is 9.53 Å². The van der Waals surface area contributed by atoms with Gasteiger partial charge in [0.05, 0.1) is 0 Å². The van der Waals surface area contributed by atoms with Gasteiger partial charge < -0.3 is 15.2 Å².